The maximum Gasteiger partial charge on any atom is 0.243 e. The van der Waals surface area contributed by atoms with Crippen LogP contribution in [0.1, 0.15) is 18.1 Å². The lowest BCUT2D eigenvalue weighted by atomic mass is 10.1. The molecule has 31 heavy (non-hydrogen) atoms. The second-order valence-corrected chi connectivity index (χ2v) is 10.2. The molecule has 3 aromatic carbocycles. The van der Waals surface area contributed by atoms with E-state index < -0.39 is 15.9 Å². The van der Waals surface area contributed by atoms with E-state index in [4.69, 9.17) is 11.6 Å². The number of hydrogen-bond donors (Lipinski definition) is 1. The van der Waals surface area contributed by atoms with Crippen molar-refractivity contribution in [3.8, 4) is 0 Å². The Bertz CT molecular complexity index is 1150. The van der Waals surface area contributed by atoms with Crippen molar-refractivity contribution in [3.63, 3.8) is 0 Å². The van der Waals surface area contributed by atoms with Crippen molar-refractivity contribution in [2.45, 2.75) is 24.8 Å². The van der Waals surface area contributed by atoms with Gasteiger partial charge in [0.15, 0.2) is 0 Å². The van der Waals surface area contributed by atoms with E-state index in [9.17, 15) is 13.2 Å². The molecule has 8 heteroatoms. The van der Waals surface area contributed by atoms with E-state index in [1.54, 1.807) is 48.5 Å². The fourth-order valence-corrected chi connectivity index (χ4v) is 4.82. The average molecular weight is 522 g/mol. The molecule has 0 aliphatic heterocycles. The van der Waals surface area contributed by atoms with Gasteiger partial charge in [0.25, 0.3) is 0 Å². The zero-order chi connectivity index (χ0) is 22.4. The Labute approximate surface area is 196 Å². The summed E-state index contributed by atoms with van der Waals surface area (Å²) in [5, 5.41) is 3.21. The molecule has 0 bridgehead atoms. The number of nitrogens with zero attached hydrogens (tertiary/aromatic N) is 1. The van der Waals surface area contributed by atoms with Crippen molar-refractivity contribution in [1.82, 2.24) is 4.31 Å². The van der Waals surface area contributed by atoms with E-state index in [2.05, 4.69) is 21.2 Å². The van der Waals surface area contributed by atoms with Crippen LogP contribution in [0, 0.1) is 0 Å². The molecule has 0 heterocycles. The highest BCUT2D eigenvalue weighted by Gasteiger charge is 2.27. The summed E-state index contributed by atoms with van der Waals surface area (Å²) >= 11 is 9.56. The van der Waals surface area contributed by atoms with Gasteiger partial charge in [-0.2, -0.15) is 4.31 Å². The zero-order valence-electron chi connectivity index (χ0n) is 16.9. The molecule has 0 fully saturated rings. The summed E-state index contributed by atoms with van der Waals surface area (Å²) < 4.78 is 28.5. The van der Waals surface area contributed by atoms with Crippen LogP contribution >= 0.6 is 27.5 Å². The lowest BCUT2D eigenvalue weighted by molar-refractivity contribution is -0.116. The van der Waals surface area contributed by atoms with E-state index in [1.807, 2.05) is 19.1 Å². The Morgan fingerprint density at radius 2 is 1.65 bits per heavy atom. The number of carbonyl (C=O) groups is 1. The second-order valence-electron chi connectivity index (χ2n) is 6.92. The number of hydrogen-bond acceptors (Lipinski definition) is 3. The van der Waals surface area contributed by atoms with Crippen molar-refractivity contribution in [2.75, 3.05) is 11.9 Å². The van der Waals surface area contributed by atoms with Crippen LogP contribution in [0.5, 0.6) is 0 Å². The van der Waals surface area contributed by atoms with Gasteiger partial charge in [-0.05, 0) is 60.0 Å². The van der Waals surface area contributed by atoms with Crippen LogP contribution in [0.25, 0.3) is 0 Å². The van der Waals surface area contributed by atoms with Crippen molar-refractivity contribution >= 4 is 49.1 Å². The summed E-state index contributed by atoms with van der Waals surface area (Å²) in [4.78, 5) is 12.8. The topological polar surface area (TPSA) is 66.5 Å². The molecule has 0 spiro atoms. The molecule has 3 rings (SSSR count). The number of rotatable bonds is 8. The van der Waals surface area contributed by atoms with Gasteiger partial charge in [-0.3, -0.25) is 4.79 Å². The molecule has 0 aliphatic rings. The number of amides is 1. The number of nitrogens with one attached hydrogen (secondary N) is 1. The Hall–Kier alpha value is -2.19. The fraction of sp³-hybridized carbons (Fsp3) is 0.174. The molecule has 0 aliphatic carbocycles. The van der Waals surface area contributed by atoms with Crippen molar-refractivity contribution < 1.29 is 13.2 Å². The summed E-state index contributed by atoms with van der Waals surface area (Å²) in [7, 11) is -3.94. The molecule has 0 saturated heterocycles. The zero-order valence-corrected chi connectivity index (χ0v) is 20.0. The molecular formula is C23H22BrClN2O3S. The highest BCUT2D eigenvalue weighted by Crippen LogP contribution is 2.24. The largest absolute Gasteiger partial charge is 0.325 e. The molecule has 1 amide bonds. The van der Waals surface area contributed by atoms with Crippen LogP contribution in [0.3, 0.4) is 0 Å². The fourth-order valence-electron chi connectivity index (χ4n) is 2.98. The van der Waals surface area contributed by atoms with E-state index in [0.29, 0.717) is 16.3 Å². The number of carbonyl (C=O) groups excluding carboxylic acids is 1. The molecule has 0 unspecified atom stereocenters. The Morgan fingerprint density at radius 1 is 1.00 bits per heavy atom. The van der Waals surface area contributed by atoms with E-state index in [-0.39, 0.29) is 18.0 Å². The number of halogens is 2. The van der Waals surface area contributed by atoms with Crippen molar-refractivity contribution in [1.29, 1.82) is 0 Å². The minimum atomic E-state index is -3.94. The van der Waals surface area contributed by atoms with Crippen molar-refractivity contribution in [3.05, 3.63) is 93.4 Å². The van der Waals surface area contributed by atoms with Gasteiger partial charge in [-0.1, -0.05) is 64.8 Å². The molecule has 0 aromatic heterocycles. The molecular weight excluding hydrogens is 500 g/mol. The van der Waals surface area contributed by atoms with E-state index in [1.165, 1.54) is 12.1 Å². The van der Waals surface area contributed by atoms with Gasteiger partial charge in [0.2, 0.25) is 15.9 Å². The van der Waals surface area contributed by atoms with E-state index >= 15 is 0 Å². The van der Waals surface area contributed by atoms with E-state index in [0.717, 1.165) is 20.8 Å². The molecule has 5 nitrogen and oxygen atoms in total. The SMILES string of the molecule is CCc1ccc(NC(=O)CN(Cc2ccccc2Cl)S(=O)(=O)c2ccc(Br)cc2)cc1. The summed E-state index contributed by atoms with van der Waals surface area (Å²) in [5.41, 5.74) is 2.38. The van der Waals surface area contributed by atoms with Gasteiger partial charge in [-0.25, -0.2) is 8.42 Å². The molecule has 0 radical (unpaired) electrons. The smallest absolute Gasteiger partial charge is 0.243 e. The van der Waals surface area contributed by atoms with Gasteiger partial charge in [-0.15, -0.1) is 0 Å². The molecule has 3 aromatic rings. The molecule has 162 valence electrons. The lowest BCUT2D eigenvalue weighted by Gasteiger charge is -2.22. The van der Waals surface area contributed by atoms with Crippen LogP contribution in [-0.2, 0) is 27.8 Å². The average Bonchev–Trinajstić information content (AvgIpc) is 2.75. The number of benzene rings is 3. The maximum absolute atomic E-state index is 13.3. The quantitative estimate of drug-likeness (QED) is 0.426. The third kappa shape index (κ3) is 6.17. The van der Waals surface area contributed by atoms with Gasteiger partial charge >= 0.3 is 0 Å². The summed E-state index contributed by atoms with van der Waals surface area (Å²) in [6.45, 7) is 1.67. The van der Waals surface area contributed by atoms with Gasteiger partial charge < -0.3 is 5.32 Å². The highest BCUT2D eigenvalue weighted by molar-refractivity contribution is 9.10. The first-order valence-electron chi connectivity index (χ1n) is 9.67. The maximum atomic E-state index is 13.3. The third-order valence-corrected chi connectivity index (χ3v) is 7.43. The molecule has 0 atom stereocenters. The van der Waals surface area contributed by atoms with Gasteiger partial charge in [0.1, 0.15) is 0 Å². The first-order chi connectivity index (χ1) is 14.8. The predicted molar refractivity (Wildman–Crippen MR) is 128 cm³/mol. The first-order valence-corrected chi connectivity index (χ1v) is 12.3. The van der Waals surface area contributed by atoms with Crippen molar-refractivity contribution in [2.24, 2.45) is 0 Å². The standard InChI is InChI=1S/C23H22BrClN2O3S/c1-2-17-7-11-20(12-8-17)26-23(28)16-27(15-18-5-3-4-6-22(18)25)31(29,30)21-13-9-19(24)10-14-21/h3-14H,2,15-16H2,1H3,(H,26,28). The summed E-state index contributed by atoms with van der Waals surface area (Å²) in [6, 6.07) is 20.7. The Kier molecular flexibility index (Phi) is 7.89. The van der Waals surface area contributed by atoms with Gasteiger partial charge in [0.05, 0.1) is 11.4 Å². The molecule has 1 N–H and O–H groups in total. The summed E-state index contributed by atoms with van der Waals surface area (Å²) in [5.74, 6) is -0.433. The monoisotopic (exact) mass is 520 g/mol. The van der Waals surface area contributed by atoms with Crippen LogP contribution in [-0.4, -0.2) is 25.2 Å². The molecule has 0 saturated carbocycles. The van der Waals surface area contributed by atoms with Crippen LogP contribution < -0.4 is 5.32 Å². The summed E-state index contributed by atoms with van der Waals surface area (Å²) in [6.07, 6.45) is 0.894. The second kappa shape index (κ2) is 10.4. The normalized spacial score (nSPS) is 11.5. The predicted octanol–water partition coefficient (Wildman–Crippen LogP) is 5.49. The Balaban J connectivity index is 1.86. The Morgan fingerprint density at radius 3 is 2.26 bits per heavy atom. The van der Waals surface area contributed by atoms with Crippen LogP contribution in [0.2, 0.25) is 5.02 Å². The number of anilines is 1. The minimum Gasteiger partial charge on any atom is -0.325 e. The minimum absolute atomic E-state index is 0.0275. The third-order valence-electron chi connectivity index (χ3n) is 4.72. The number of aryl methyl sites for hydroxylation is 1. The van der Waals surface area contributed by atoms with Crippen LogP contribution in [0.15, 0.2) is 82.2 Å². The highest BCUT2D eigenvalue weighted by atomic mass is 79.9. The lowest BCUT2D eigenvalue weighted by Crippen LogP contribution is -2.37. The van der Waals surface area contributed by atoms with Gasteiger partial charge in [0, 0.05) is 21.7 Å². The van der Waals surface area contributed by atoms with Crippen LogP contribution in [0.4, 0.5) is 5.69 Å². The first kappa shape index (κ1) is 23.5. The number of sulfonamides is 1.